The van der Waals surface area contributed by atoms with E-state index in [0.29, 0.717) is 6.42 Å². The Balaban J connectivity index is 2.59. The first-order valence-electron chi connectivity index (χ1n) is 5.00. The largest absolute Gasteiger partial charge is 0.479 e. The molecule has 0 saturated heterocycles. The number of rotatable bonds is 6. The Morgan fingerprint density at radius 1 is 1.53 bits per heavy atom. The zero-order valence-electron chi connectivity index (χ0n) is 9.03. The molecule has 3 nitrogen and oxygen atoms in total. The molecule has 1 unspecified atom stereocenters. The minimum absolute atomic E-state index is 0.459. The maximum atomic E-state index is 10.7. The molecule has 84 valence electrons. The van der Waals surface area contributed by atoms with Crippen molar-refractivity contribution in [3.63, 3.8) is 0 Å². The van der Waals surface area contributed by atoms with Gasteiger partial charge in [0.25, 0.3) is 0 Å². The highest BCUT2D eigenvalue weighted by atomic mass is 32.1. The number of hydrogen-bond acceptors (Lipinski definition) is 3. The number of ether oxygens (including phenoxy) is 1. The molecular weight excluding hydrogens is 212 g/mol. The first-order chi connectivity index (χ1) is 7.17. The average Bonchev–Trinajstić information content (AvgIpc) is 2.62. The first kappa shape index (κ1) is 12.2. The molecule has 1 N–H and O–H groups in total. The van der Waals surface area contributed by atoms with E-state index in [-0.39, 0.29) is 0 Å². The number of carboxylic acid groups (broad SMARTS) is 1. The van der Waals surface area contributed by atoms with Gasteiger partial charge in [0.15, 0.2) is 6.10 Å². The summed E-state index contributed by atoms with van der Waals surface area (Å²) in [6.07, 6.45) is 1.92. The summed E-state index contributed by atoms with van der Waals surface area (Å²) in [6, 6.07) is 4.06. The molecular formula is C11H16O3S. The monoisotopic (exact) mass is 228 g/mol. The highest BCUT2D eigenvalue weighted by Gasteiger charge is 2.17. The summed E-state index contributed by atoms with van der Waals surface area (Å²) < 4.78 is 4.89. The van der Waals surface area contributed by atoms with Crippen LogP contribution in [0.5, 0.6) is 0 Å². The van der Waals surface area contributed by atoms with Gasteiger partial charge < -0.3 is 9.84 Å². The fourth-order valence-corrected chi connectivity index (χ4v) is 2.52. The number of carboxylic acids is 1. The highest BCUT2D eigenvalue weighted by molar-refractivity contribution is 7.12. The Labute approximate surface area is 93.7 Å². The SMILES string of the molecule is CCCc1ccc(CC(OC)C(=O)O)s1. The normalized spacial score (nSPS) is 12.7. The highest BCUT2D eigenvalue weighted by Crippen LogP contribution is 2.20. The molecule has 0 radical (unpaired) electrons. The molecule has 0 spiro atoms. The molecule has 1 rings (SSSR count). The van der Waals surface area contributed by atoms with E-state index >= 15 is 0 Å². The molecule has 1 atom stereocenters. The summed E-state index contributed by atoms with van der Waals surface area (Å²) in [5, 5.41) is 8.82. The van der Waals surface area contributed by atoms with E-state index in [2.05, 4.69) is 13.0 Å². The van der Waals surface area contributed by atoms with Gasteiger partial charge in [-0.05, 0) is 18.6 Å². The molecule has 0 bridgehead atoms. The summed E-state index contributed by atoms with van der Waals surface area (Å²) in [5.74, 6) is -0.900. The zero-order valence-corrected chi connectivity index (χ0v) is 9.84. The summed E-state index contributed by atoms with van der Waals surface area (Å²) in [4.78, 5) is 13.1. The van der Waals surface area contributed by atoms with Crippen molar-refractivity contribution in [2.75, 3.05) is 7.11 Å². The van der Waals surface area contributed by atoms with Gasteiger partial charge in [-0.1, -0.05) is 13.3 Å². The fraction of sp³-hybridized carbons (Fsp3) is 0.545. The Morgan fingerprint density at radius 2 is 2.20 bits per heavy atom. The minimum atomic E-state index is -0.900. The van der Waals surface area contributed by atoms with E-state index in [1.165, 1.54) is 12.0 Å². The van der Waals surface area contributed by atoms with Gasteiger partial charge in [-0.15, -0.1) is 11.3 Å². The van der Waals surface area contributed by atoms with Gasteiger partial charge in [0, 0.05) is 23.3 Å². The molecule has 0 aromatic carbocycles. The molecule has 0 aliphatic carbocycles. The van der Waals surface area contributed by atoms with Crippen LogP contribution in [-0.2, 0) is 22.4 Å². The smallest absolute Gasteiger partial charge is 0.333 e. The maximum absolute atomic E-state index is 10.7. The molecule has 0 aliphatic rings. The first-order valence-corrected chi connectivity index (χ1v) is 5.82. The predicted molar refractivity (Wildman–Crippen MR) is 60.5 cm³/mol. The van der Waals surface area contributed by atoms with Gasteiger partial charge >= 0.3 is 5.97 Å². The van der Waals surface area contributed by atoms with E-state index in [0.717, 1.165) is 17.7 Å². The van der Waals surface area contributed by atoms with Crippen LogP contribution in [0.2, 0.25) is 0 Å². The number of aryl methyl sites for hydroxylation is 1. The van der Waals surface area contributed by atoms with Crippen molar-refractivity contribution in [3.05, 3.63) is 21.9 Å². The van der Waals surface area contributed by atoms with E-state index in [4.69, 9.17) is 9.84 Å². The Morgan fingerprint density at radius 3 is 2.73 bits per heavy atom. The zero-order chi connectivity index (χ0) is 11.3. The van der Waals surface area contributed by atoms with Gasteiger partial charge in [-0.3, -0.25) is 0 Å². The van der Waals surface area contributed by atoms with Gasteiger partial charge in [0.1, 0.15) is 0 Å². The van der Waals surface area contributed by atoms with Crippen molar-refractivity contribution >= 4 is 17.3 Å². The van der Waals surface area contributed by atoms with Gasteiger partial charge in [-0.2, -0.15) is 0 Å². The Bertz CT molecular complexity index is 319. The van der Waals surface area contributed by atoms with Crippen LogP contribution < -0.4 is 0 Å². The molecule has 1 aromatic rings. The van der Waals surface area contributed by atoms with Crippen molar-refractivity contribution in [2.45, 2.75) is 32.3 Å². The Hall–Kier alpha value is -0.870. The molecule has 4 heteroatoms. The standard InChI is InChI=1S/C11H16O3S/c1-3-4-8-5-6-9(15-8)7-10(14-2)11(12)13/h5-6,10H,3-4,7H2,1-2H3,(H,12,13). The van der Waals surface area contributed by atoms with E-state index in [1.54, 1.807) is 11.3 Å². The number of thiophene rings is 1. The molecule has 1 aromatic heterocycles. The Kier molecular flexibility index (Phi) is 4.78. The van der Waals surface area contributed by atoms with Crippen molar-refractivity contribution in [1.29, 1.82) is 0 Å². The predicted octanol–water partition coefficient (Wildman–Crippen LogP) is 2.34. The topological polar surface area (TPSA) is 46.5 Å². The quantitative estimate of drug-likeness (QED) is 0.813. The second kappa shape index (κ2) is 5.88. The number of methoxy groups -OCH3 is 1. The van der Waals surface area contributed by atoms with Crippen molar-refractivity contribution in [1.82, 2.24) is 0 Å². The lowest BCUT2D eigenvalue weighted by Crippen LogP contribution is -2.24. The lowest BCUT2D eigenvalue weighted by molar-refractivity contribution is -0.148. The number of carbonyl (C=O) groups is 1. The lowest BCUT2D eigenvalue weighted by Gasteiger charge is -2.07. The van der Waals surface area contributed by atoms with Crippen LogP contribution >= 0.6 is 11.3 Å². The van der Waals surface area contributed by atoms with Crippen molar-refractivity contribution in [2.24, 2.45) is 0 Å². The van der Waals surface area contributed by atoms with Gasteiger partial charge in [0.2, 0.25) is 0 Å². The van der Waals surface area contributed by atoms with E-state index in [9.17, 15) is 4.79 Å². The summed E-state index contributed by atoms with van der Waals surface area (Å²) in [5.41, 5.74) is 0. The molecule has 1 heterocycles. The van der Waals surface area contributed by atoms with Gasteiger partial charge in [0.05, 0.1) is 0 Å². The van der Waals surface area contributed by atoms with Crippen LogP contribution in [0.3, 0.4) is 0 Å². The molecule has 0 amide bonds. The van der Waals surface area contributed by atoms with Crippen LogP contribution in [0.15, 0.2) is 12.1 Å². The summed E-state index contributed by atoms with van der Waals surface area (Å²) in [7, 11) is 1.43. The second-order valence-corrected chi connectivity index (χ2v) is 4.64. The van der Waals surface area contributed by atoms with Gasteiger partial charge in [-0.25, -0.2) is 4.79 Å². The summed E-state index contributed by atoms with van der Waals surface area (Å²) >= 11 is 1.68. The van der Waals surface area contributed by atoms with E-state index in [1.807, 2.05) is 6.07 Å². The van der Waals surface area contributed by atoms with E-state index < -0.39 is 12.1 Å². The summed E-state index contributed by atoms with van der Waals surface area (Å²) in [6.45, 7) is 2.13. The maximum Gasteiger partial charge on any atom is 0.333 e. The number of aliphatic carboxylic acids is 1. The third-order valence-electron chi connectivity index (χ3n) is 2.16. The molecule has 0 aliphatic heterocycles. The fourth-order valence-electron chi connectivity index (χ4n) is 1.37. The molecule has 15 heavy (non-hydrogen) atoms. The lowest BCUT2D eigenvalue weighted by atomic mass is 10.2. The third kappa shape index (κ3) is 3.64. The van der Waals surface area contributed by atoms with Crippen LogP contribution in [0.25, 0.3) is 0 Å². The van der Waals surface area contributed by atoms with Crippen LogP contribution in [0.4, 0.5) is 0 Å². The number of hydrogen-bond donors (Lipinski definition) is 1. The average molecular weight is 228 g/mol. The van der Waals surface area contributed by atoms with Crippen molar-refractivity contribution in [3.8, 4) is 0 Å². The second-order valence-electron chi connectivity index (χ2n) is 3.38. The molecule has 0 fully saturated rings. The molecule has 0 saturated carbocycles. The van der Waals surface area contributed by atoms with Crippen LogP contribution in [-0.4, -0.2) is 24.3 Å². The van der Waals surface area contributed by atoms with Crippen LogP contribution in [0, 0.1) is 0 Å². The minimum Gasteiger partial charge on any atom is -0.479 e. The third-order valence-corrected chi connectivity index (χ3v) is 3.33. The van der Waals surface area contributed by atoms with Crippen molar-refractivity contribution < 1.29 is 14.6 Å². The van der Waals surface area contributed by atoms with Crippen LogP contribution in [0.1, 0.15) is 23.1 Å².